The molecule has 0 bridgehead atoms. The number of aliphatic hydroxyl groups excluding tert-OH is 1. The van der Waals surface area contributed by atoms with Gasteiger partial charge in [0.1, 0.15) is 0 Å². The summed E-state index contributed by atoms with van der Waals surface area (Å²) in [7, 11) is 1.63. The number of guanidine groups is 1. The zero-order valence-electron chi connectivity index (χ0n) is 16.8. The fourth-order valence-corrected chi connectivity index (χ4v) is 2.82. The average Bonchev–Trinajstić information content (AvgIpc) is 2.60. The first kappa shape index (κ1) is 22.1. The van der Waals surface area contributed by atoms with Crippen LogP contribution in [0.25, 0.3) is 0 Å². The predicted octanol–water partition coefficient (Wildman–Crippen LogP) is 3.52. The lowest BCUT2D eigenvalue weighted by atomic mass is 9.94. The Bertz CT molecular complexity index is 547. The number of nitrogens with one attached hydrogen (secondary N) is 2. The van der Waals surface area contributed by atoms with E-state index in [0.29, 0.717) is 30.7 Å². The number of anilines is 1. The van der Waals surface area contributed by atoms with Crippen molar-refractivity contribution in [2.45, 2.75) is 40.5 Å². The van der Waals surface area contributed by atoms with E-state index in [9.17, 15) is 5.11 Å². The van der Waals surface area contributed by atoms with Crippen molar-refractivity contribution in [1.29, 1.82) is 0 Å². The van der Waals surface area contributed by atoms with Gasteiger partial charge in [-0.2, -0.15) is 0 Å². The summed E-state index contributed by atoms with van der Waals surface area (Å²) in [5, 5.41) is 15.9. The number of aliphatic hydroxyl groups is 1. The Kier molecular flexibility index (Phi) is 10.5. The van der Waals surface area contributed by atoms with E-state index < -0.39 is 0 Å². The molecule has 6 heteroatoms. The Morgan fingerprint density at radius 2 is 2.00 bits per heavy atom. The first-order valence-corrected chi connectivity index (χ1v) is 9.50. The van der Waals surface area contributed by atoms with Gasteiger partial charge in [0.15, 0.2) is 17.5 Å². The second-order valence-corrected chi connectivity index (χ2v) is 6.65. The van der Waals surface area contributed by atoms with Crippen molar-refractivity contribution in [3.63, 3.8) is 0 Å². The monoisotopic (exact) mass is 365 g/mol. The van der Waals surface area contributed by atoms with Crippen LogP contribution in [0.4, 0.5) is 5.69 Å². The molecule has 0 fully saturated rings. The number of rotatable bonds is 11. The number of hydrogen-bond donors (Lipinski definition) is 3. The summed E-state index contributed by atoms with van der Waals surface area (Å²) in [5.41, 5.74) is 0.882. The third-order valence-electron chi connectivity index (χ3n) is 3.92. The molecule has 1 aromatic rings. The van der Waals surface area contributed by atoms with Gasteiger partial charge < -0.3 is 25.2 Å². The molecular weight excluding hydrogens is 330 g/mol. The third-order valence-corrected chi connectivity index (χ3v) is 3.92. The van der Waals surface area contributed by atoms with Crippen molar-refractivity contribution >= 4 is 11.6 Å². The molecule has 0 aliphatic carbocycles. The highest BCUT2D eigenvalue weighted by atomic mass is 16.5. The van der Waals surface area contributed by atoms with Crippen LogP contribution >= 0.6 is 0 Å². The molecule has 0 saturated carbocycles. The summed E-state index contributed by atoms with van der Waals surface area (Å²) in [4.78, 5) is 4.71. The van der Waals surface area contributed by atoms with Crippen LogP contribution in [0.15, 0.2) is 23.2 Å². The third kappa shape index (κ3) is 7.95. The van der Waals surface area contributed by atoms with E-state index >= 15 is 0 Å². The minimum absolute atomic E-state index is 0.201. The van der Waals surface area contributed by atoms with Gasteiger partial charge in [-0.25, -0.2) is 0 Å². The largest absolute Gasteiger partial charge is 0.493 e. The fourth-order valence-electron chi connectivity index (χ4n) is 2.82. The lowest BCUT2D eigenvalue weighted by Crippen LogP contribution is -2.31. The summed E-state index contributed by atoms with van der Waals surface area (Å²) < 4.78 is 11.0. The predicted molar refractivity (Wildman–Crippen MR) is 108 cm³/mol. The van der Waals surface area contributed by atoms with Crippen LogP contribution in [0, 0.1) is 11.8 Å². The normalized spacial score (nSPS) is 12.8. The summed E-state index contributed by atoms with van der Waals surface area (Å²) >= 11 is 0. The van der Waals surface area contributed by atoms with E-state index in [0.717, 1.165) is 36.8 Å². The molecule has 0 aromatic heterocycles. The van der Waals surface area contributed by atoms with Crippen LogP contribution in [0.2, 0.25) is 0 Å². The molecule has 0 radical (unpaired) electrons. The lowest BCUT2D eigenvalue weighted by molar-refractivity contribution is 0.246. The highest BCUT2D eigenvalue weighted by molar-refractivity contribution is 5.93. The Morgan fingerprint density at radius 3 is 2.58 bits per heavy atom. The maximum Gasteiger partial charge on any atom is 0.195 e. The molecule has 0 heterocycles. The van der Waals surface area contributed by atoms with Crippen LogP contribution in [0.1, 0.15) is 40.5 Å². The average molecular weight is 366 g/mol. The Hall–Kier alpha value is -1.95. The summed E-state index contributed by atoms with van der Waals surface area (Å²) in [5.74, 6) is 3.11. The lowest BCUT2D eigenvalue weighted by Gasteiger charge is -2.18. The number of nitrogens with zero attached hydrogens (tertiary/aromatic N) is 1. The van der Waals surface area contributed by atoms with E-state index in [4.69, 9.17) is 14.5 Å². The van der Waals surface area contributed by atoms with Crippen molar-refractivity contribution in [1.82, 2.24) is 5.32 Å². The topological polar surface area (TPSA) is 75.1 Å². The molecule has 1 atom stereocenters. The minimum Gasteiger partial charge on any atom is -0.493 e. The number of hydrogen-bond acceptors (Lipinski definition) is 4. The highest BCUT2D eigenvalue weighted by Gasteiger charge is 2.11. The fraction of sp³-hybridized carbons (Fsp3) is 0.650. The molecule has 0 aliphatic rings. The zero-order valence-corrected chi connectivity index (χ0v) is 16.8. The molecule has 0 amide bonds. The quantitative estimate of drug-likeness (QED) is 0.413. The van der Waals surface area contributed by atoms with Gasteiger partial charge in [-0.05, 0) is 50.7 Å². The number of benzene rings is 1. The molecule has 148 valence electrons. The van der Waals surface area contributed by atoms with Gasteiger partial charge in [0, 0.05) is 31.5 Å². The standard InChI is InChI=1S/C20H35N3O3/c1-6-21-20(22-14-16(10-11-24)12-15(3)4)23-17-8-9-18(26-7-2)19(13-17)25-5/h8-9,13,15-16,24H,6-7,10-12,14H2,1-5H3,(H2,21,22,23). The summed E-state index contributed by atoms with van der Waals surface area (Å²) in [6.07, 6.45) is 1.83. The Morgan fingerprint density at radius 1 is 1.23 bits per heavy atom. The zero-order chi connectivity index (χ0) is 19.4. The first-order valence-electron chi connectivity index (χ1n) is 9.50. The molecule has 0 spiro atoms. The van der Waals surface area contributed by atoms with Gasteiger partial charge in [0.25, 0.3) is 0 Å². The second kappa shape index (κ2) is 12.4. The van der Waals surface area contributed by atoms with Gasteiger partial charge >= 0.3 is 0 Å². The van der Waals surface area contributed by atoms with Crippen LogP contribution < -0.4 is 20.1 Å². The summed E-state index contributed by atoms with van der Waals surface area (Å²) in [6, 6.07) is 5.73. The molecular formula is C20H35N3O3. The van der Waals surface area contributed by atoms with E-state index in [1.165, 1.54) is 0 Å². The van der Waals surface area contributed by atoms with Gasteiger partial charge in [0.05, 0.1) is 13.7 Å². The van der Waals surface area contributed by atoms with Crippen LogP contribution in [0.3, 0.4) is 0 Å². The van der Waals surface area contributed by atoms with Crippen LogP contribution in [0.5, 0.6) is 11.5 Å². The van der Waals surface area contributed by atoms with E-state index in [-0.39, 0.29) is 6.61 Å². The molecule has 3 N–H and O–H groups in total. The second-order valence-electron chi connectivity index (χ2n) is 6.65. The molecule has 1 unspecified atom stereocenters. The van der Waals surface area contributed by atoms with Crippen molar-refractivity contribution in [3.8, 4) is 11.5 Å². The number of ether oxygens (including phenoxy) is 2. The SMILES string of the molecule is CCNC(=NCC(CCO)CC(C)C)Nc1ccc(OCC)c(OC)c1. The molecule has 1 aromatic carbocycles. The maximum atomic E-state index is 9.28. The highest BCUT2D eigenvalue weighted by Crippen LogP contribution is 2.30. The van der Waals surface area contributed by atoms with Gasteiger partial charge in [-0.15, -0.1) is 0 Å². The number of methoxy groups -OCH3 is 1. The van der Waals surface area contributed by atoms with E-state index in [1.807, 2.05) is 32.0 Å². The van der Waals surface area contributed by atoms with E-state index in [2.05, 4.69) is 24.5 Å². The van der Waals surface area contributed by atoms with E-state index in [1.54, 1.807) is 7.11 Å². The molecule has 0 saturated heterocycles. The smallest absolute Gasteiger partial charge is 0.195 e. The van der Waals surface area contributed by atoms with Crippen LogP contribution in [-0.4, -0.2) is 44.5 Å². The Labute approximate surface area is 158 Å². The van der Waals surface area contributed by atoms with Crippen molar-refractivity contribution in [3.05, 3.63) is 18.2 Å². The summed E-state index contributed by atoms with van der Waals surface area (Å²) in [6.45, 7) is 10.6. The van der Waals surface area contributed by atoms with Gasteiger partial charge in [0.2, 0.25) is 0 Å². The van der Waals surface area contributed by atoms with Gasteiger partial charge in [-0.1, -0.05) is 13.8 Å². The molecule has 6 nitrogen and oxygen atoms in total. The van der Waals surface area contributed by atoms with Gasteiger partial charge in [-0.3, -0.25) is 4.99 Å². The molecule has 0 aliphatic heterocycles. The maximum absolute atomic E-state index is 9.28. The van der Waals surface area contributed by atoms with Crippen molar-refractivity contribution < 1.29 is 14.6 Å². The van der Waals surface area contributed by atoms with Crippen molar-refractivity contribution in [2.75, 3.05) is 38.7 Å². The van der Waals surface area contributed by atoms with Crippen molar-refractivity contribution in [2.24, 2.45) is 16.8 Å². The molecule has 26 heavy (non-hydrogen) atoms. The Balaban J connectivity index is 2.85. The number of aliphatic imine (C=N–C) groups is 1. The van der Waals surface area contributed by atoms with Crippen LogP contribution in [-0.2, 0) is 0 Å². The molecule has 1 rings (SSSR count). The minimum atomic E-state index is 0.201. The first-order chi connectivity index (χ1) is 12.5.